The molecule has 142 valence electrons. The Bertz CT molecular complexity index is 728. The molecule has 0 aromatic carbocycles. The zero-order valence-electron chi connectivity index (χ0n) is 16.0. The van der Waals surface area contributed by atoms with Gasteiger partial charge in [-0.25, -0.2) is 0 Å². The third-order valence-electron chi connectivity index (χ3n) is 6.36. The number of carbonyl (C=O) groups is 2. The van der Waals surface area contributed by atoms with Gasteiger partial charge in [-0.3, -0.25) is 14.7 Å². The zero-order chi connectivity index (χ0) is 18.5. The molecule has 4 rings (SSSR count). The van der Waals surface area contributed by atoms with E-state index in [-0.39, 0.29) is 23.3 Å². The Balaban J connectivity index is 1.53. The van der Waals surface area contributed by atoms with Crippen LogP contribution in [0.4, 0.5) is 0 Å². The van der Waals surface area contributed by atoms with Gasteiger partial charge in [0.05, 0.1) is 5.41 Å². The van der Waals surface area contributed by atoms with Gasteiger partial charge in [0.2, 0.25) is 5.91 Å². The van der Waals surface area contributed by atoms with E-state index in [2.05, 4.69) is 36.0 Å². The van der Waals surface area contributed by atoms with Crippen LogP contribution in [0.3, 0.4) is 0 Å². The van der Waals surface area contributed by atoms with Crippen molar-refractivity contribution in [2.45, 2.75) is 52.1 Å². The van der Waals surface area contributed by atoms with Crippen LogP contribution in [-0.2, 0) is 17.8 Å². The van der Waals surface area contributed by atoms with Crippen molar-refractivity contribution >= 4 is 11.8 Å². The van der Waals surface area contributed by atoms with Crippen LogP contribution >= 0.6 is 0 Å². The molecule has 7 nitrogen and oxygen atoms in total. The van der Waals surface area contributed by atoms with Crippen molar-refractivity contribution in [3.8, 4) is 0 Å². The summed E-state index contributed by atoms with van der Waals surface area (Å²) in [6.07, 6.45) is 3.58. The van der Waals surface area contributed by atoms with E-state index in [9.17, 15) is 9.59 Å². The maximum absolute atomic E-state index is 13.1. The number of nitrogens with one attached hydrogen (secondary N) is 1. The molecular formula is C19H29N5O2. The van der Waals surface area contributed by atoms with Gasteiger partial charge in [0, 0.05) is 56.4 Å². The van der Waals surface area contributed by atoms with E-state index in [0.717, 1.165) is 56.6 Å². The van der Waals surface area contributed by atoms with Crippen LogP contribution in [0.15, 0.2) is 0 Å². The minimum absolute atomic E-state index is 0.0239. The van der Waals surface area contributed by atoms with E-state index in [4.69, 9.17) is 0 Å². The molecule has 3 aliphatic heterocycles. The second-order valence-corrected chi connectivity index (χ2v) is 8.47. The fourth-order valence-electron chi connectivity index (χ4n) is 4.77. The van der Waals surface area contributed by atoms with Crippen molar-refractivity contribution in [1.82, 2.24) is 24.9 Å². The lowest BCUT2D eigenvalue weighted by Gasteiger charge is -2.41. The quantitative estimate of drug-likeness (QED) is 0.863. The fraction of sp³-hybridized carbons (Fsp3) is 0.737. The summed E-state index contributed by atoms with van der Waals surface area (Å²) in [5.74, 6) is 0.210. The summed E-state index contributed by atoms with van der Waals surface area (Å²) >= 11 is 0. The minimum atomic E-state index is -0.384. The molecule has 2 amide bonds. The van der Waals surface area contributed by atoms with Gasteiger partial charge in [0.25, 0.3) is 5.91 Å². The predicted octanol–water partition coefficient (Wildman–Crippen LogP) is 1.26. The third-order valence-corrected chi connectivity index (χ3v) is 6.36. The van der Waals surface area contributed by atoms with Gasteiger partial charge in [0.1, 0.15) is 0 Å². The smallest absolute Gasteiger partial charge is 0.274 e. The maximum atomic E-state index is 13.1. The number of nitrogens with zero attached hydrogens (tertiary/aromatic N) is 4. The molecule has 0 bridgehead atoms. The van der Waals surface area contributed by atoms with Crippen LogP contribution in [0.25, 0.3) is 0 Å². The Kier molecular flexibility index (Phi) is 4.29. The molecule has 2 saturated heterocycles. The van der Waals surface area contributed by atoms with Crippen molar-refractivity contribution < 1.29 is 9.59 Å². The number of piperidine rings is 1. The zero-order valence-corrected chi connectivity index (χ0v) is 16.0. The van der Waals surface area contributed by atoms with E-state index in [1.54, 1.807) is 0 Å². The largest absolute Gasteiger partial charge is 0.340 e. The molecule has 26 heavy (non-hydrogen) atoms. The number of carbonyl (C=O) groups excluding carboxylic acids is 2. The van der Waals surface area contributed by atoms with Gasteiger partial charge in [0.15, 0.2) is 5.69 Å². The molecule has 0 saturated carbocycles. The van der Waals surface area contributed by atoms with E-state index in [1.165, 1.54) is 0 Å². The second kappa shape index (κ2) is 6.37. The van der Waals surface area contributed by atoms with Crippen molar-refractivity contribution in [2.75, 3.05) is 33.2 Å². The molecule has 7 heteroatoms. The first-order valence-electron chi connectivity index (χ1n) is 9.76. The van der Waals surface area contributed by atoms with Gasteiger partial charge in [-0.05, 0) is 40.2 Å². The topological polar surface area (TPSA) is 72.5 Å². The van der Waals surface area contributed by atoms with Crippen molar-refractivity contribution in [3.63, 3.8) is 0 Å². The third kappa shape index (κ3) is 2.73. The fourth-order valence-corrected chi connectivity index (χ4v) is 4.77. The highest BCUT2D eigenvalue weighted by Gasteiger charge is 2.50. The summed E-state index contributed by atoms with van der Waals surface area (Å²) in [6, 6.07) is 0.221. The van der Waals surface area contributed by atoms with Crippen LogP contribution in [0.2, 0.25) is 0 Å². The van der Waals surface area contributed by atoms with Gasteiger partial charge < -0.3 is 14.7 Å². The molecule has 1 aromatic rings. The summed E-state index contributed by atoms with van der Waals surface area (Å²) in [5, 5.41) is 7.39. The highest BCUT2D eigenvalue weighted by atomic mass is 16.2. The van der Waals surface area contributed by atoms with Crippen molar-refractivity contribution in [3.05, 3.63) is 17.0 Å². The first-order chi connectivity index (χ1) is 12.4. The highest BCUT2D eigenvalue weighted by Crippen LogP contribution is 2.41. The Morgan fingerprint density at radius 2 is 2.04 bits per heavy atom. The number of rotatable bonds is 2. The summed E-state index contributed by atoms with van der Waals surface area (Å²) in [6.45, 7) is 7.90. The second-order valence-electron chi connectivity index (χ2n) is 8.47. The van der Waals surface area contributed by atoms with Crippen LogP contribution < -0.4 is 0 Å². The number of hydrogen-bond donors (Lipinski definition) is 1. The number of hydrogen-bond acceptors (Lipinski definition) is 4. The lowest BCUT2D eigenvalue weighted by molar-refractivity contribution is -0.147. The van der Waals surface area contributed by atoms with Crippen LogP contribution in [0.1, 0.15) is 54.9 Å². The Labute approximate surface area is 154 Å². The van der Waals surface area contributed by atoms with E-state index in [1.807, 2.05) is 9.80 Å². The number of H-pyrrole nitrogens is 1. The number of aromatic amines is 1. The number of likely N-dealkylation sites (tertiary alicyclic amines) is 2. The number of amides is 2. The molecule has 1 atom stereocenters. The predicted molar refractivity (Wildman–Crippen MR) is 97.7 cm³/mol. The molecule has 1 unspecified atom stereocenters. The average Bonchev–Trinajstić information content (AvgIpc) is 3.21. The van der Waals surface area contributed by atoms with Gasteiger partial charge >= 0.3 is 0 Å². The summed E-state index contributed by atoms with van der Waals surface area (Å²) in [7, 11) is 2.07. The molecule has 4 heterocycles. The van der Waals surface area contributed by atoms with Gasteiger partial charge in [-0.15, -0.1) is 0 Å². The average molecular weight is 359 g/mol. The first kappa shape index (κ1) is 17.5. The molecule has 1 spiro atoms. The number of fused-ring (bicyclic) bond motifs is 1. The first-order valence-corrected chi connectivity index (χ1v) is 9.76. The maximum Gasteiger partial charge on any atom is 0.274 e. The monoisotopic (exact) mass is 359 g/mol. The lowest BCUT2D eigenvalue weighted by Crippen LogP contribution is -2.52. The van der Waals surface area contributed by atoms with E-state index < -0.39 is 0 Å². The molecule has 2 fully saturated rings. The highest BCUT2D eigenvalue weighted by molar-refractivity contribution is 5.95. The standard InChI is InChI=1S/C19H29N5O2/c1-13(2)24-8-4-6-19(18(24)26)7-10-23(12-19)17(25)16-14-11-22(3)9-5-15(14)20-21-16/h13H,4-12H2,1-3H3,(H,20,21). The molecule has 1 N–H and O–H groups in total. The SMILES string of the molecule is CC(C)N1CCCC2(CCN(C(=O)c3n[nH]c4c3CN(C)CC4)C2)C1=O. The number of likely N-dealkylation sites (N-methyl/N-ethyl adjacent to an activating group) is 1. The summed E-state index contributed by atoms with van der Waals surface area (Å²) in [4.78, 5) is 32.3. The minimum Gasteiger partial charge on any atom is -0.340 e. The van der Waals surface area contributed by atoms with Crippen LogP contribution in [-0.4, -0.2) is 76.0 Å². The molecule has 3 aliphatic rings. The molecule has 1 aromatic heterocycles. The summed E-state index contributed by atoms with van der Waals surface area (Å²) in [5.41, 5.74) is 2.28. The normalized spacial score (nSPS) is 26.8. The Hall–Kier alpha value is -1.89. The summed E-state index contributed by atoms with van der Waals surface area (Å²) < 4.78 is 0. The van der Waals surface area contributed by atoms with E-state index >= 15 is 0 Å². The van der Waals surface area contributed by atoms with Crippen LogP contribution in [0.5, 0.6) is 0 Å². The molecular weight excluding hydrogens is 330 g/mol. The van der Waals surface area contributed by atoms with Crippen molar-refractivity contribution in [2.24, 2.45) is 5.41 Å². The lowest BCUT2D eigenvalue weighted by atomic mass is 9.78. The van der Waals surface area contributed by atoms with Crippen molar-refractivity contribution in [1.29, 1.82) is 0 Å². The van der Waals surface area contributed by atoms with Gasteiger partial charge in [-0.2, -0.15) is 5.10 Å². The number of aromatic nitrogens is 2. The van der Waals surface area contributed by atoms with Gasteiger partial charge in [-0.1, -0.05) is 0 Å². The molecule has 0 aliphatic carbocycles. The van der Waals surface area contributed by atoms with E-state index in [0.29, 0.717) is 18.8 Å². The Morgan fingerprint density at radius 1 is 1.23 bits per heavy atom. The Morgan fingerprint density at radius 3 is 2.81 bits per heavy atom. The molecule has 0 radical (unpaired) electrons. The van der Waals surface area contributed by atoms with Crippen LogP contribution in [0, 0.1) is 5.41 Å².